The highest BCUT2D eigenvalue weighted by atomic mass is 16.3. The molecule has 0 amide bonds. The summed E-state index contributed by atoms with van der Waals surface area (Å²) in [5.41, 5.74) is 3.96. The van der Waals surface area contributed by atoms with Crippen molar-refractivity contribution >= 4 is 0 Å². The van der Waals surface area contributed by atoms with Crippen LogP contribution >= 0.6 is 0 Å². The quantitative estimate of drug-likeness (QED) is 0.389. The van der Waals surface area contributed by atoms with Gasteiger partial charge in [0.15, 0.2) is 0 Å². The average molecular weight is 461 g/mol. The van der Waals surface area contributed by atoms with E-state index >= 15 is 0 Å². The largest absolute Gasteiger partial charge is 0.390 e. The van der Waals surface area contributed by atoms with E-state index in [-0.39, 0.29) is 13.5 Å². The lowest BCUT2D eigenvalue weighted by atomic mass is 9.60. The third kappa shape index (κ3) is 8.39. The van der Waals surface area contributed by atoms with Crippen molar-refractivity contribution in [2.75, 3.05) is 0 Å². The fraction of sp³-hybridized carbons (Fsp3) is 0.806. The second-order valence-electron chi connectivity index (χ2n) is 11.9. The van der Waals surface area contributed by atoms with E-state index in [4.69, 9.17) is 0 Å². The number of aliphatic hydroxyl groups excluding tert-OH is 1. The van der Waals surface area contributed by atoms with Crippen LogP contribution in [0.3, 0.4) is 0 Å². The van der Waals surface area contributed by atoms with E-state index in [1.54, 1.807) is 5.57 Å². The first kappa shape index (κ1) is 30.2. The first-order valence-electron chi connectivity index (χ1n) is 13.5. The van der Waals surface area contributed by atoms with Gasteiger partial charge in [-0.25, -0.2) is 0 Å². The number of rotatable bonds is 6. The third-order valence-corrected chi connectivity index (χ3v) is 8.40. The van der Waals surface area contributed by atoms with E-state index in [9.17, 15) is 10.2 Å². The molecule has 0 radical (unpaired) electrons. The molecule has 0 bridgehead atoms. The zero-order chi connectivity index (χ0) is 23.9. The Bertz CT molecular complexity index is 665. The molecule has 0 heterocycles. The molecular formula is C31H56O2. The normalized spacial score (nSPS) is 33.2. The van der Waals surface area contributed by atoms with Gasteiger partial charge in [-0.05, 0) is 100 Å². The molecule has 3 saturated carbocycles. The molecule has 5 atom stereocenters. The number of hydrogen-bond donors (Lipinski definition) is 2. The molecule has 2 unspecified atom stereocenters. The minimum Gasteiger partial charge on any atom is -0.390 e. The number of hydrogen-bond acceptors (Lipinski definition) is 2. The smallest absolute Gasteiger partial charge is 0.0784 e. The maximum absolute atomic E-state index is 10.1. The number of fused-ring (bicyclic) bond motifs is 1. The second kappa shape index (κ2) is 13.3. The van der Waals surface area contributed by atoms with Gasteiger partial charge in [0, 0.05) is 0 Å². The Morgan fingerprint density at radius 3 is 2.42 bits per heavy atom. The van der Waals surface area contributed by atoms with Gasteiger partial charge in [0.1, 0.15) is 0 Å². The van der Waals surface area contributed by atoms with Crippen molar-refractivity contribution in [2.45, 2.75) is 138 Å². The van der Waals surface area contributed by atoms with E-state index in [0.717, 1.165) is 55.4 Å². The topological polar surface area (TPSA) is 40.5 Å². The van der Waals surface area contributed by atoms with Crippen LogP contribution in [0.2, 0.25) is 0 Å². The maximum atomic E-state index is 10.1. The molecule has 3 aliphatic rings. The van der Waals surface area contributed by atoms with Gasteiger partial charge in [0.05, 0.1) is 11.7 Å². The summed E-state index contributed by atoms with van der Waals surface area (Å²) in [5, 5.41) is 20.1. The fourth-order valence-electron chi connectivity index (χ4n) is 6.63. The highest BCUT2D eigenvalue weighted by Gasteiger charge is 2.50. The van der Waals surface area contributed by atoms with Crippen LogP contribution in [0, 0.1) is 23.2 Å². The Morgan fingerprint density at radius 2 is 1.82 bits per heavy atom. The monoisotopic (exact) mass is 460 g/mol. The van der Waals surface area contributed by atoms with Crippen LogP contribution in [-0.4, -0.2) is 21.9 Å². The molecule has 0 aliphatic heterocycles. The minimum absolute atomic E-state index is 0. The van der Waals surface area contributed by atoms with E-state index < -0.39 is 5.60 Å². The van der Waals surface area contributed by atoms with Crippen LogP contribution in [0.15, 0.2) is 35.5 Å². The van der Waals surface area contributed by atoms with E-state index in [2.05, 4.69) is 46.4 Å². The van der Waals surface area contributed by atoms with Crippen molar-refractivity contribution in [3.05, 3.63) is 35.5 Å². The lowest BCUT2D eigenvalue weighted by Gasteiger charge is -2.44. The van der Waals surface area contributed by atoms with Crippen LogP contribution in [0.25, 0.3) is 0 Å². The van der Waals surface area contributed by atoms with Crippen molar-refractivity contribution in [3.8, 4) is 0 Å². The Kier molecular flexibility index (Phi) is 12.1. The summed E-state index contributed by atoms with van der Waals surface area (Å²) in [5.74, 6) is 2.29. The predicted octanol–water partition coefficient (Wildman–Crippen LogP) is 8.79. The van der Waals surface area contributed by atoms with Gasteiger partial charge >= 0.3 is 0 Å². The summed E-state index contributed by atoms with van der Waals surface area (Å²) >= 11 is 0. The van der Waals surface area contributed by atoms with Gasteiger partial charge in [0.2, 0.25) is 0 Å². The van der Waals surface area contributed by atoms with Crippen molar-refractivity contribution in [1.82, 2.24) is 0 Å². The summed E-state index contributed by atoms with van der Waals surface area (Å²) < 4.78 is 0. The predicted molar refractivity (Wildman–Crippen MR) is 145 cm³/mol. The van der Waals surface area contributed by atoms with Gasteiger partial charge in [-0.2, -0.15) is 0 Å². The highest BCUT2D eigenvalue weighted by molar-refractivity contribution is 5.28. The molecule has 3 aliphatic carbocycles. The van der Waals surface area contributed by atoms with Gasteiger partial charge in [-0.3, -0.25) is 0 Å². The standard InChI is InChI=1S/C27H44O2.C3H8.CH4/c1-19(8-6-16-26(3,4)29)23-14-15-24-22(9-7-17-27(23,24)5)13-12-21-11-10-20(2)25(28)18-21;1-3-2;/h12-13,19,23-25,28-29H,2,6-11,14-18H2,1,3-5H3;3H2,1-2H3;1H4/b21-12-,22-13+;;/t19-,23?,24?,25+,27+;;/m0../s1. The number of allylic oxidation sites excluding steroid dienone is 3. The van der Waals surface area contributed by atoms with Crippen molar-refractivity contribution in [1.29, 1.82) is 0 Å². The van der Waals surface area contributed by atoms with Crippen LogP contribution in [-0.2, 0) is 0 Å². The minimum atomic E-state index is -0.533. The Balaban J connectivity index is 0.00000129. The van der Waals surface area contributed by atoms with Crippen molar-refractivity contribution in [3.63, 3.8) is 0 Å². The molecule has 0 aromatic rings. The number of aliphatic hydroxyl groups is 2. The van der Waals surface area contributed by atoms with Gasteiger partial charge in [-0.15, -0.1) is 0 Å². The second-order valence-corrected chi connectivity index (χ2v) is 11.9. The average Bonchev–Trinajstić information content (AvgIpc) is 3.06. The third-order valence-electron chi connectivity index (χ3n) is 8.40. The molecule has 2 nitrogen and oxygen atoms in total. The van der Waals surface area contributed by atoms with Crippen molar-refractivity contribution in [2.24, 2.45) is 23.2 Å². The molecule has 3 fully saturated rings. The maximum Gasteiger partial charge on any atom is 0.0784 e. The van der Waals surface area contributed by atoms with Crippen LogP contribution in [0.1, 0.15) is 126 Å². The zero-order valence-corrected chi connectivity index (χ0v) is 22.1. The molecule has 3 rings (SSSR count). The molecule has 0 aromatic heterocycles. The summed E-state index contributed by atoms with van der Waals surface area (Å²) in [6.07, 6.45) is 18.3. The molecule has 0 saturated heterocycles. The zero-order valence-electron chi connectivity index (χ0n) is 22.1. The molecule has 0 spiro atoms. The molecule has 0 aromatic carbocycles. The van der Waals surface area contributed by atoms with E-state index in [0.29, 0.717) is 5.41 Å². The van der Waals surface area contributed by atoms with Crippen LogP contribution < -0.4 is 0 Å². The van der Waals surface area contributed by atoms with Gasteiger partial charge < -0.3 is 10.2 Å². The summed E-state index contributed by atoms with van der Waals surface area (Å²) in [6.45, 7) is 17.1. The lowest BCUT2D eigenvalue weighted by molar-refractivity contribution is 0.0596. The van der Waals surface area contributed by atoms with E-state index in [1.807, 2.05) is 13.8 Å². The first-order valence-corrected chi connectivity index (χ1v) is 13.5. The van der Waals surface area contributed by atoms with Gasteiger partial charge in [0.25, 0.3) is 0 Å². The Hall–Kier alpha value is -0.860. The molecule has 2 heteroatoms. The summed E-state index contributed by atoms with van der Waals surface area (Å²) in [7, 11) is 0. The molecule has 33 heavy (non-hydrogen) atoms. The molecular weight excluding hydrogens is 404 g/mol. The Morgan fingerprint density at radius 1 is 1.15 bits per heavy atom. The molecule has 2 N–H and O–H groups in total. The first-order chi connectivity index (χ1) is 15.0. The Labute approximate surface area is 206 Å². The van der Waals surface area contributed by atoms with Crippen molar-refractivity contribution < 1.29 is 10.2 Å². The highest BCUT2D eigenvalue weighted by Crippen LogP contribution is 2.60. The van der Waals surface area contributed by atoms with Crippen LogP contribution in [0.4, 0.5) is 0 Å². The summed E-state index contributed by atoms with van der Waals surface area (Å²) in [6, 6.07) is 0. The van der Waals surface area contributed by atoms with E-state index in [1.165, 1.54) is 50.5 Å². The lowest BCUT2D eigenvalue weighted by Crippen LogP contribution is -2.36. The fourth-order valence-corrected chi connectivity index (χ4v) is 6.63. The van der Waals surface area contributed by atoms with Crippen LogP contribution in [0.5, 0.6) is 0 Å². The summed E-state index contributed by atoms with van der Waals surface area (Å²) in [4.78, 5) is 0. The molecule has 192 valence electrons. The SMILES string of the molecule is C.C=C1CC/C(=C/C=C2\CCC[C@@]3(C)C2CCC3[C@@H](C)CCCC(C)(C)O)C[C@H]1O.CCC. The van der Waals surface area contributed by atoms with Gasteiger partial charge in [-0.1, -0.05) is 84.3 Å².